The number of hydrogen-bond acceptors (Lipinski definition) is 2. The van der Waals surface area contributed by atoms with E-state index in [0.717, 1.165) is 48.6 Å². The number of carbonyl (C=O) groups excluding carboxylic acids is 1. The van der Waals surface area contributed by atoms with Crippen molar-refractivity contribution in [1.29, 1.82) is 0 Å². The van der Waals surface area contributed by atoms with E-state index in [0.29, 0.717) is 6.54 Å². The molecule has 1 unspecified atom stereocenters. The Morgan fingerprint density at radius 2 is 2.08 bits per heavy atom. The second kappa shape index (κ2) is 8.50. The van der Waals surface area contributed by atoms with Gasteiger partial charge < -0.3 is 5.32 Å². The predicted molar refractivity (Wildman–Crippen MR) is 102 cm³/mol. The van der Waals surface area contributed by atoms with Crippen molar-refractivity contribution in [2.45, 2.75) is 32.9 Å². The number of benzene rings is 2. The molecule has 3 nitrogen and oxygen atoms in total. The maximum Gasteiger partial charge on any atom is 0.224 e. The number of amides is 1. The van der Waals surface area contributed by atoms with Crippen LogP contribution in [0.2, 0.25) is 5.02 Å². The fraction of sp³-hybridized carbons (Fsp3) is 0.381. The van der Waals surface area contributed by atoms with E-state index in [9.17, 15) is 4.79 Å². The minimum absolute atomic E-state index is 0.0565. The van der Waals surface area contributed by atoms with Crippen molar-refractivity contribution in [1.82, 2.24) is 10.2 Å². The van der Waals surface area contributed by atoms with Crippen LogP contribution in [0.15, 0.2) is 48.5 Å². The molecule has 1 N–H and O–H groups in total. The van der Waals surface area contributed by atoms with Crippen LogP contribution in [0.3, 0.4) is 0 Å². The Balaban J connectivity index is 1.53. The zero-order valence-electron chi connectivity index (χ0n) is 14.7. The molecule has 1 amide bonds. The van der Waals surface area contributed by atoms with E-state index in [4.69, 9.17) is 11.6 Å². The number of likely N-dealkylation sites (tertiary alicyclic amines) is 1. The van der Waals surface area contributed by atoms with Crippen LogP contribution in [0.5, 0.6) is 0 Å². The summed E-state index contributed by atoms with van der Waals surface area (Å²) in [5.74, 6) is 0.214. The van der Waals surface area contributed by atoms with E-state index < -0.39 is 0 Å². The number of aryl methyl sites for hydroxylation is 1. The second-order valence-electron chi connectivity index (χ2n) is 6.87. The van der Waals surface area contributed by atoms with Gasteiger partial charge in [-0.1, -0.05) is 59.6 Å². The average molecular weight is 357 g/mol. The summed E-state index contributed by atoms with van der Waals surface area (Å²) in [6, 6.07) is 16.2. The van der Waals surface area contributed by atoms with E-state index in [-0.39, 0.29) is 11.8 Å². The predicted octanol–water partition coefficient (Wildman–Crippen LogP) is 4.18. The summed E-state index contributed by atoms with van der Waals surface area (Å²) < 4.78 is 0. The summed E-state index contributed by atoms with van der Waals surface area (Å²) in [6.45, 7) is 5.29. The van der Waals surface area contributed by atoms with Crippen LogP contribution in [0.4, 0.5) is 0 Å². The van der Waals surface area contributed by atoms with Crippen molar-refractivity contribution in [3.8, 4) is 0 Å². The van der Waals surface area contributed by atoms with Gasteiger partial charge in [0.15, 0.2) is 0 Å². The summed E-state index contributed by atoms with van der Waals surface area (Å²) in [5, 5.41) is 3.90. The molecule has 1 saturated heterocycles. The van der Waals surface area contributed by atoms with E-state index in [1.807, 2.05) is 24.3 Å². The van der Waals surface area contributed by atoms with Gasteiger partial charge in [0.05, 0.1) is 5.92 Å². The molecule has 1 atom stereocenters. The highest BCUT2D eigenvalue weighted by Gasteiger charge is 2.25. The summed E-state index contributed by atoms with van der Waals surface area (Å²) in [4.78, 5) is 14.9. The van der Waals surface area contributed by atoms with Crippen LogP contribution in [0.25, 0.3) is 0 Å². The van der Waals surface area contributed by atoms with Crippen molar-refractivity contribution in [2.75, 3.05) is 13.1 Å². The molecule has 132 valence electrons. The minimum atomic E-state index is 0.0565. The molecule has 1 aliphatic heterocycles. The molecule has 0 radical (unpaired) electrons. The maximum atomic E-state index is 12.6. The molecule has 2 aromatic rings. The Kier molecular flexibility index (Phi) is 6.11. The highest BCUT2D eigenvalue weighted by atomic mass is 35.5. The number of piperidine rings is 1. The number of nitrogens with one attached hydrogen (secondary N) is 1. The SMILES string of the molecule is Cc1cccc(CNC(=O)C2CCCN(Cc3ccccc3Cl)C2)c1. The van der Waals surface area contributed by atoms with Crippen molar-refractivity contribution >= 4 is 17.5 Å². The molecular formula is C21H25ClN2O. The summed E-state index contributed by atoms with van der Waals surface area (Å²) in [7, 11) is 0. The van der Waals surface area contributed by atoms with Crippen molar-refractivity contribution in [3.63, 3.8) is 0 Å². The highest BCUT2D eigenvalue weighted by Crippen LogP contribution is 2.22. The van der Waals surface area contributed by atoms with Gasteiger partial charge in [-0.2, -0.15) is 0 Å². The van der Waals surface area contributed by atoms with Crippen molar-refractivity contribution < 1.29 is 4.79 Å². The molecule has 1 heterocycles. The maximum absolute atomic E-state index is 12.6. The van der Waals surface area contributed by atoms with Crippen LogP contribution in [0, 0.1) is 12.8 Å². The topological polar surface area (TPSA) is 32.3 Å². The van der Waals surface area contributed by atoms with Gasteiger partial charge in [-0.25, -0.2) is 0 Å². The van der Waals surface area contributed by atoms with Crippen molar-refractivity contribution in [2.24, 2.45) is 5.92 Å². The molecule has 3 rings (SSSR count). The molecule has 4 heteroatoms. The number of halogens is 1. The lowest BCUT2D eigenvalue weighted by atomic mass is 9.96. The Hall–Kier alpha value is -1.84. The van der Waals surface area contributed by atoms with Gasteiger partial charge in [0.2, 0.25) is 5.91 Å². The van der Waals surface area contributed by atoms with Crippen LogP contribution in [-0.2, 0) is 17.9 Å². The van der Waals surface area contributed by atoms with Crippen molar-refractivity contribution in [3.05, 3.63) is 70.2 Å². The number of carbonyl (C=O) groups is 1. The number of rotatable bonds is 5. The Labute approximate surface area is 155 Å². The van der Waals surface area contributed by atoms with E-state index in [1.54, 1.807) is 0 Å². The monoisotopic (exact) mass is 356 g/mol. The molecule has 25 heavy (non-hydrogen) atoms. The standard InChI is InChI=1S/C21H25ClN2O/c1-16-6-4-7-17(12-16)13-23-21(25)19-9-5-11-24(15-19)14-18-8-2-3-10-20(18)22/h2-4,6-8,10,12,19H,5,9,11,13-15H2,1H3,(H,23,25). The van der Waals surface area contributed by atoms with Gasteiger partial charge in [-0.05, 0) is 43.5 Å². The highest BCUT2D eigenvalue weighted by molar-refractivity contribution is 6.31. The van der Waals surface area contributed by atoms with Gasteiger partial charge in [0, 0.05) is 24.7 Å². The summed E-state index contributed by atoms with van der Waals surface area (Å²) in [6.07, 6.45) is 2.01. The number of nitrogens with zero attached hydrogens (tertiary/aromatic N) is 1. The molecule has 0 saturated carbocycles. The fourth-order valence-corrected chi connectivity index (χ4v) is 3.63. The Bertz CT molecular complexity index is 731. The molecule has 2 aromatic carbocycles. The lowest BCUT2D eigenvalue weighted by Gasteiger charge is -2.32. The molecule has 1 aliphatic rings. The third-order valence-corrected chi connectivity index (χ3v) is 5.15. The average Bonchev–Trinajstić information content (AvgIpc) is 2.62. The van der Waals surface area contributed by atoms with Crippen LogP contribution in [-0.4, -0.2) is 23.9 Å². The van der Waals surface area contributed by atoms with E-state index in [2.05, 4.69) is 41.4 Å². The zero-order chi connectivity index (χ0) is 17.6. The van der Waals surface area contributed by atoms with Gasteiger partial charge in [-0.3, -0.25) is 9.69 Å². The van der Waals surface area contributed by atoms with Gasteiger partial charge in [0.1, 0.15) is 0 Å². The minimum Gasteiger partial charge on any atom is -0.352 e. The normalized spacial score (nSPS) is 18.1. The van der Waals surface area contributed by atoms with Gasteiger partial charge in [0.25, 0.3) is 0 Å². The third kappa shape index (κ3) is 5.07. The second-order valence-corrected chi connectivity index (χ2v) is 7.28. The van der Waals surface area contributed by atoms with Gasteiger partial charge in [-0.15, -0.1) is 0 Å². The molecule has 0 aliphatic carbocycles. The number of hydrogen-bond donors (Lipinski definition) is 1. The first-order valence-electron chi connectivity index (χ1n) is 8.91. The first kappa shape index (κ1) is 18.0. The lowest BCUT2D eigenvalue weighted by molar-refractivity contribution is -0.126. The van der Waals surface area contributed by atoms with Crippen LogP contribution < -0.4 is 5.32 Å². The molecule has 0 spiro atoms. The fourth-order valence-electron chi connectivity index (χ4n) is 3.44. The third-order valence-electron chi connectivity index (χ3n) is 4.78. The Morgan fingerprint density at radius 3 is 2.88 bits per heavy atom. The molecule has 0 bridgehead atoms. The quantitative estimate of drug-likeness (QED) is 0.871. The first-order chi connectivity index (χ1) is 12.1. The first-order valence-corrected chi connectivity index (χ1v) is 9.28. The largest absolute Gasteiger partial charge is 0.352 e. The van der Waals surface area contributed by atoms with Crippen LogP contribution >= 0.6 is 11.6 Å². The van der Waals surface area contributed by atoms with Crippen LogP contribution in [0.1, 0.15) is 29.5 Å². The summed E-state index contributed by atoms with van der Waals surface area (Å²) >= 11 is 6.27. The molecule has 0 aromatic heterocycles. The van der Waals surface area contributed by atoms with E-state index >= 15 is 0 Å². The summed E-state index contributed by atoms with van der Waals surface area (Å²) in [5.41, 5.74) is 3.50. The Morgan fingerprint density at radius 1 is 1.24 bits per heavy atom. The zero-order valence-corrected chi connectivity index (χ0v) is 15.4. The molecule has 1 fully saturated rings. The smallest absolute Gasteiger partial charge is 0.224 e. The van der Waals surface area contributed by atoms with E-state index in [1.165, 1.54) is 5.56 Å². The molecular weight excluding hydrogens is 332 g/mol. The lowest BCUT2D eigenvalue weighted by Crippen LogP contribution is -2.42. The van der Waals surface area contributed by atoms with Gasteiger partial charge >= 0.3 is 0 Å².